The molecule has 0 saturated heterocycles. The average Bonchev–Trinajstić information content (AvgIpc) is 3.12. The van der Waals surface area contributed by atoms with Crippen LogP contribution in [0.4, 0.5) is 0 Å². The Morgan fingerprint density at radius 1 is 0.549 bits per heavy atom. The third-order valence-electron chi connectivity index (χ3n) is 10.3. The van der Waals surface area contributed by atoms with E-state index in [2.05, 4.69) is 38.2 Å². The SMILES string of the molecule is CCCCCCCC/C=C\CCCCCC(=O)OC(CCCCCCCCC)CC(=O)NC(CO)C(O)CCCCCCCCCCCCCC. The third kappa shape index (κ3) is 35.4. The fourth-order valence-electron chi connectivity index (χ4n) is 6.89. The molecule has 0 rings (SSSR count). The molecule has 6 heteroatoms. The van der Waals surface area contributed by atoms with Crippen molar-refractivity contribution in [1.82, 2.24) is 5.32 Å². The second kappa shape index (κ2) is 39.8. The van der Waals surface area contributed by atoms with Gasteiger partial charge in [0.15, 0.2) is 0 Å². The summed E-state index contributed by atoms with van der Waals surface area (Å²) >= 11 is 0. The minimum absolute atomic E-state index is 0.0762. The third-order valence-corrected chi connectivity index (χ3v) is 10.3. The van der Waals surface area contributed by atoms with Gasteiger partial charge in [-0.05, 0) is 51.4 Å². The molecule has 51 heavy (non-hydrogen) atoms. The van der Waals surface area contributed by atoms with Gasteiger partial charge in [0.25, 0.3) is 0 Å². The predicted octanol–water partition coefficient (Wildman–Crippen LogP) is 12.6. The maximum Gasteiger partial charge on any atom is 0.306 e. The van der Waals surface area contributed by atoms with Crippen molar-refractivity contribution in [3.8, 4) is 0 Å². The van der Waals surface area contributed by atoms with E-state index in [1.54, 1.807) is 0 Å². The van der Waals surface area contributed by atoms with Gasteiger partial charge in [-0.25, -0.2) is 0 Å². The number of carbonyl (C=O) groups is 2. The molecule has 0 aromatic heterocycles. The summed E-state index contributed by atoms with van der Waals surface area (Å²) in [4.78, 5) is 25.8. The number of unbranched alkanes of at least 4 members (excludes halogenated alkanes) is 26. The van der Waals surface area contributed by atoms with Crippen molar-refractivity contribution in [2.24, 2.45) is 0 Å². The van der Waals surface area contributed by atoms with E-state index in [-0.39, 0.29) is 24.9 Å². The van der Waals surface area contributed by atoms with Crippen molar-refractivity contribution >= 4 is 11.9 Å². The maximum absolute atomic E-state index is 13.0. The molecule has 1 amide bonds. The van der Waals surface area contributed by atoms with Crippen LogP contribution in [0.2, 0.25) is 0 Å². The number of esters is 1. The van der Waals surface area contributed by atoms with E-state index in [1.165, 1.54) is 135 Å². The van der Waals surface area contributed by atoms with Crippen LogP contribution in [-0.2, 0) is 14.3 Å². The molecule has 0 aliphatic carbocycles. The van der Waals surface area contributed by atoms with Gasteiger partial charge in [0.1, 0.15) is 6.10 Å². The lowest BCUT2D eigenvalue weighted by molar-refractivity contribution is -0.151. The second-order valence-corrected chi connectivity index (χ2v) is 15.5. The first kappa shape index (κ1) is 49.6. The zero-order valence-corrected chi connectivity index (χ0v) is 34.3. The molecule has 0 radical (unpaired) electrons. The highest BCUT2D eigenvalue weighted by Gasteiger charge is 2.24. The summed E-state index contributed by atoms with van der Waals surface area (Å²) < 4.78 is 5.86. The predicted molar refractivity (Wildman–Crippen MR) is 218 cm³/mol. The summed E-state index contributed by atoms with van der Waals surface area (Å²) in [5.41, 5.74) is 0. The van der Waals surface area contributed by atoms with E-state index in [0.29, 0.717) is 19.3 Å². The summed E-state index contributed by atoms with van der Waals surface area (Å²) in [7, 11) is 0. The lowest BCUT2D eigenvalue weighted by Gasteiger charge is -2.24. The molecular weight excluding hydrogens is 634 g/mol. The molecule has 0 heterocycles. The standard InChI is InChI=1S/C45H87NO5/c1-4-7-10-13-16-18-20-22-24-26-29-32-35-38-45(50)51-41(36-33-30-27-15-12-9-6-3)39-44(49)46-42(40-47)43(48)37-34-31-28-25-23-21-19-17-14-11-8-5-2/h22,24,41-43,47-48H,4-21,23,25-40H2,1-3H3,(H,46,49)/b24-22-. The summed E-state index contributed by atoms with van der Waals surface area (Å²) in [6.07, 6.45) is 41.4. The monoisotopic (exact) mass is 722 g/mol. The van der Waals surface area contributed by atoms with Crippen LogP contribution in [0.25, 0.3) is 0 Å². The zero-order chi connectivity index (χ0) is 37.5. The highest BCUT2D eigenvalue weighted by atomic mass is 16.5. The average molecular weight is 722 g/mol. The maximum atomic E-state index is 13.0. The molecule has 3 N–H and O–H groups in total. The van der Waals surface area contributed by atoms with Crippen LogP contribution in [0.3, 0.4) is 0 Å². The van der Waals surface area contributed by atoms with Gasteiger partial charge < -0.3 is 20.3 Å². The summed E-state index contributed by atoms with van der Waals surface area (Å²) in [6.45, 7) is 6.43. The second-order valence-electron chi connectivity index (χ2n) is 15.5. The Morgan fingerprint density at radius 2 is 0.941 bits per heavy atom. The topological polar surface area (TPSA) is 95.9 Å². The Labute approximate surface area is 317 Å². The van der Waals surface area contributed by atoms with E-state index in [9.17, 15) is 19.8 Å². The lowest BCUT2D eigenvalue weighted by atomic mass is 10.0. The number of rotatable bonds is 40. The van der Waals surface area contributed by atoms with Crippen molar-refractivity contribution in [3.63, 3.8) is 0 Å². The molecule has 0 aromatic carbocycles. The Bertz CT molecular complexity index is 772. The van der Waals surface area contributed by atoms with Gasteiger partial charge in [-0.2, -0.15) is 0 Å². The van der Waals surface area contributed by atoms with Crippen LogP contribution >= 0.6 is 0 Å². The van der Waals surface area contributed by atoms with E-state index >= 15 is 0 Å². The van der Waals surface area contributed by atoms with Gasteiger partial charge in [-0.3, -0.25) is 9.59 Å². The van der Waals surface area contributed by atoms with E-state index in [0.717, 1.165) is 57.8 Å². The Balaban J connectivity index is 4.45. The molecule has 0 aliphatic heterocycles. The van der Waals surface area contributed by atoms with Crippen molar-refractivity contribution < 1.29 is 24.5 Å². The number of nitrogens with one attached hydrogen (secondary N) is 1. The minimum atomic E-state index is -0.781. The molecule has 0 spiro atoms. The first-order chi connectivity index (χ1) is 25.0. The largest absolute Gasteiger partial charge is 0.462 e. The molecule has 0 bridgehead atoms. The number of ether oxygens (including phenoxy) is 1. The Hall–Kier alpha value is -1.40. The molecule has 3 atom stereocenters. The number of aliphatic hydroxyl groups excluding tert-OH is 2. The molecule has 0 fully saturated rings. The summed E-state index contributed by atoms with van der Waals surface area (Å²) in [6, 6.07) is -0.694. The number of hydrogen-bond donors (Lipinski definition) is 3. The quantitative estimate of drug-likeness (QED) is 0.0332. The summed E-state index contributed by atoms with van der Waals surface area (Å²) in [5.74, 6) is -0.489. The van der Waals surface area contributed by atoms with Crippen molar-refractivity contribution in [2.45, 2.75) is 257 Å². The van der Waals surface area contributed by atoms with Crippen LogP contribution in [0.5, 0.6) is 0 Å². The Kier molecular flexibility index (Phi) is 38.7. The lowest BCUT2D eigenvalue weighted by Crippen LogP contribution is -2.46. The van der Waals surface area contributed by atoms with Crippen LogP contribution in [0.15, 0.2) is 12.2 Å². The molecule has 0 aromatic rings. The van der Waals surface area contributed by atoms with Crippen LogP contribution in [0, 0.1) is 0 Å². The molecular formula is C45H87NO5. The van der Waals surface area contributed by atoms with Gasteiger partial charge in [0, 0.05) is 6.42 Å². The van der Waals surface area contributed by atoms with Gasteiger partial charge in [-0.1, -0.05) is 187 Å². The minimum Gasteiger partial charge on any atom is -0.462 e. The number of allylic oxidation sites excluding steroid dienone is 2. The highest BCUT2D eigenvalue weighted by Crippen LogP contribution is 2.17. The molecule has 3 unspecified atom stereocenters. The number of aliphatic hydroxyl groups is 2. The molecule has 0 saturated carbocycles. The first-order valence-corrected chi connectivity index (χ1v) is 22.4. The molecule has 302 valence electrons. The van der Waals surface area contributed by atoms with Gasteiger partial charge >= 0.3 is 5.97 Å². The van der Waals surface area contributed by atoms with Crippen LogP contribution in [-0.4, -0.2) is 46.9 Å². The van der Waals surface area contributed by atoms with Gasteiger partial charge in [-0.15, -0.1) is 0 Å². The number of hydrogen-bond acceptors (Lipinski definition) is 5. The molecule has 0 aliphatic rings. The van der Waals surface area contributed by atoms with Crippen molar-refractivity contribution in [2.75, 3.05) is 6.61 Å². The normalized spacial score (nSPS) is 13.4. The number of carbonyl (C=O) groups excluding carboxylic acids is 2. The summed E-state index contributed by atoms with van der Waals surface area (Å²) in [5, 5.41) is 23.6. The van der Waals surface area contributed by atoms with E-state index in [4.69, 9.17) is 4.74 Å². The fourth-order valence-corrected chi connectivity index (χ4v) is 6.89. The number of amides is 1. The zero-order valence-electron chi connectivity index (χ0n) is 34.3. The van der Waals surface area contributed by atoms with Crippen LogP contribution in [0.1, 0.15) is 239 Å². The van der Waals surface area contributed by atoms with Crippen molar-refractivity contribution in [3.05, 3.63) is 12.2 Å². The first-order valence-electron chi connectivity index (χ1n) is 22.4. The van der Waals surface area contributed by atoms with Crippen molar-refractivity contribution in [1.29, 1.82) is 0 Å². The fraction of sp³-hybridized carbons (Fsp3) is 0.911. The Morgan fingerprint density at radius 3 is 1.39 bits per heavy atom. The van der Waals surface area contributed by atoms with E-state index < -0.39 is 18.2 Å². The van der Waals surface area contributed by atoms with Crippen LogP contribution < -0.4 is 5.32 Å². The van der Waals surface area contributed by atoms with E-state index in [1.807, 2.05) is 0 Å². The highest BCUT2D eigenvalue weighted by molar-refractivity contribution is 5.77. The van der Waals surface area contributed by atoms with Gasteiger partial charge in [0.2, 0.25) is 5.91 Å². The van der Waals surface area contributed by atoms with Gasteiger partial charge in [0.05, 0.1) is 25.2 Å². The smallest absolute Gasteiger partial charge is 0.306 e. The molecule has 6 nitrogen and oxygen atoms in total.